The van der Waals surface area contributed by atoms with Crippen LogP contribution in [0.25, 0.3) is 0 Å². The van der Waals surface area contributed by atoms with Crippen molar-refractivity contribution < 1.29 is 24.9 Å². The summed E-state index contributed by atoms with van der Waals surface area (Å²) in [5.41, 5.74) is -1.72. The molecule has 5 heteroatoms. The van der Waals surface area contributed by atoms with Crippen molar-refractivity contribution >= 4 is 5.97 Å². The maximum atomic E-state index is 13.5. The van der Waals surface area contributed by atoms with Crippen LogP contribution in [0.3, 0.4) is 0 Å². The number of carbonyl (C=O) groups excluding carboxylic acids is 1. The van der Waals surface area contributed by atoms with Gasteiger partial charge >= 0.3 is 5.97 Å². The van der Waals surface area contributed by atoms with E-state index in [1.165, 1.54) is 7.11 Å². The highest BCUT2D eigenvalue weighted by molar-refractivity contribution is 5.78. The Kier molecular flexibility index (Phi) is 6.12. The molecule has 0 aliphatic heterocycles. The van der Waals surface area contributed by atoms with Crippen LogP contribution in [-0.2, 0) is 9.53 Å². The van der Waals surface area contributed by atoms with Crippen molar-refractivity contribution in [3.8, 4) is 0 Å². The van der Waals surface area contributed by atoms with Crippen LogP contribution < -0.4 is 0 Å². The Bertz CT molecular complexity index is 901. The molecule has 0 heterocycles. The van der Waals surface area contributed by atoms with Crippen LogP contribution in [0, 0.1) is 56.7 Å². The van der Waals surface area contributed by atoms with Crippen molar-refractivity contribution in [3.05, 3.63) is 0 Å². The predicted molar refractivity (Wildman–Crippen MR) is 140 cm³/mol. The monoisotopic (exact) mass is 504 g/mol. The molecule has 0 spiro atoms. The standard InChI is InChI=1S/C31H52O5/c1-19-10-15-31(25(34)36-7)17-16-28(4)20(24(31)30(19,6)35)8-9-22-26(2)13-12-23(33)27(3,18-32)21(26)11-14-29(22,28)5/h19-24,32-33,35H,8-18H2,1-7H3/t19-,20-,21-,22-,23+,24-,26+,27-,28-,29-,30-,31+/m1/s1. The third kappa shape index (κ3) is 3.03. The number of ether oxygens (including phenoxy) is 1. The highest BCUT2D eigenvalue weighted by Gasteiger charge is 2.73. The summed E-state index contributed by atoms with van der Waals surface area (Å²) in [6.45, 7) is 13.8. The molecular formula is C31H52O5. The lowest BCUT2D eigenvalue weighted by atomic mass is 9.31. The van der Waals surface area contributed by atoms with Gasteiger partial charge < -0.3 is 20.1 Å². The van der Waals surface area contributed by atoms with Crippen LogP contribution in [0.1, 0.15) is 106 Å². The smallest absolute Gasteiger partial charge is 0.312 e. The molecule has 36 heavy (non-hydrogen) atoms. The number of hydrogen-bond acceptors (Lipinski definition) is 5. The van der Waals surface area contributed by atoms with E-state index in [-0.39, 0.29) is 46.6 Å². The van der Waals surface area contributed by atoms with Gasteiger partial charge in [0.25, 0.3) is 0 Å². The normalized spacial score (nSPS) is 58.6. The Hall–Kier alpha value is -0.650. The summed E-state index contributed by atoms with van der Waals surface area (Å²) in [5.74, 6) is 1.07. The molecule has 5 nitrogen and oxygen atoms in total. The lowest BCUT2D eigenvalue weighted by Gasteiger charge is -2.74. The van der Waals surface area contributed by atoms with Crippen molar-refractivity contribution in [2.24, 2.45) is 56.7 Å². The SMILES string of the molecule is COC(=O)[C@]12CC[C@@H](C)[C@@](C)(O)[C@H]1[C@H]1CC[C@@H]3[C@@]4(C)CC[C@H](O)[C@](C)(CO)[C@@H]4CC[C@@]3(C)[C@]1(C)CC2. The molecule has 3 N–H and O–H groups in total. The number of fused-ring (bicyclic) bond motifs is 7. The third-order valence-corrected chi connectivity index (χ3v) is 14.4. The molecule has 206 valence electrons. The fourth-order valence-corrected chi connectivity index (χ4v) is 11.9. The first-order chi connectivity index (χ1) is 16.7. The van der Waals surface area contributed by atoms with Gasteiger partial charge in [0.05, 0.1) is 30.8 Å². The van der Waals surface area contributed by atoms with Gasteiger partial charge in [0.1, 0.15) is 0 Å². The molecule has 0 radical (unpaired) electrons. The van der Waals surface area contributed by atoms with Gasteiger partial charge in [-0.1, -0.05) is 34.6 Å². The minimum absolute atomic E-state index is 0.0266. The average molecular weight is 505 g/mol. The molecule has 0 unspecified atom stereocenters. The Morgan fingerprint density at radius 2 is 1.56 bits per heavy atom. The average Bonchev–Trinajstić information content (AvgIpc) is 2.84. The Morgan fingerprint density at radius 3 is 2.19 bits per heavy atom. The van der Waals surface area contributed by atoms with Crippen molar-refractivity contribution in [1.29, 1.82) is 0 Å². The van der Waals surface area contributed by atoms with E-state index in [1.54, 1.807) is 0 Å². The summed E-state index contributed by atoms with van der Waals surface area (Å²) in [4.78, 5) is 13.5. The van der Waals surface area contributed by atoms with Crippen molar-refractivity contribution in [2.75, 3.05) is 13.7 Å². The van der Waals surface area contributed by atoms with Crippen LogP contribution in [0.2, 0.25) is 0 Å². The van der Waals surface area contributed by atoms with E-state index in [0.29, 0.717) is 11.8 Å². The van der Waals surface area contributed by atoms with Gasteiger partial charge in [-0.2, -0.15) is 0 Å². The molecule has 5 saturated carbocycles. The summed E-state index contributed by atoms with van der Waals surface area (Å²) < 4.78 is 5.46. The number of carbonyl (C=O) groups is 1. The molecule has 5 fully saturated rings. The van der Waals surface area contributed by atoms with E-state index >= 15 is 0 Å². The third-order valence-electron chi connectivity index (χ3n) is 14.4. The van der Waals surface area contributed by atoms with E-state index in [4.69, 9.17) is 4.74 Å². The summed E-state index contributed by atoms with van der Waals surface area (Å²) in [5, 5.41) is 33.5. The highest BCUT2D eigenvalue weighted by atomic mass is 16.5. The second kappa shape index (κ2) is 8.18. The summed E-state index contributed by atoms with van der Waals surface area (Å²) in [6, 6.07) is 0. The maximum Gasteiger partial charge on any atom is 0.312 e. The first-order valence-electron chi connectivity index (χ1n) is 14.8. The van der Waals surface area contributed by atoms with Gasteiger partial charge in [-0.3, -0.25) is 4.79 Å². The number of rotatable bonds is 2. The quantitative estimate of drug-likeness (QED) is 0.442. The van der Waals surface area contributed by atoms with E-state index in [2.05, 4.69) is 34.6 Å². The molecule has 5 rings (SSSR count). The molecule has 0 aromatic rings. The first-order valence-corrected chi connectivity index (χ1v) is 14.8. The van der Waals surface area contributed by atoms with Gasteiger partial charge in [0, 0.05) is 11.3 Å². The minimum Gasteiger partial charge on any atom is -0.469 e. The molecular weight excluding hydrogens is 452 g/mol. The largest absolute Gasteiger partial charge is 0.469 e. The van der Waals surface area contributed by atoms with Crippen LogP contribution in [0.15, 0.2) is 0 Å². The van der Waals surface area contributed by atoms with Gasteiger partial charge in [0.15, 0.2) is 0 Å². The fourth-order valence-electron chi connectivity index (χ4n) is 11.9. The van der Waals surface area contributed by atoms with Crippen molar-refractivity contribution in [3.63, 3.8) is 0 Å². The second-order valence-corrected chi connectivity index (χ2v) is 15.2. The van der Waals surface area contributed by atoms with Gasteiger partial charge in [-0.15, -0.1) is 0 Å². The van der Waals surface area contributed by atoms with Crippen LogP contribution in [0.5, 0.6) is 0 Å². The molecule has 0 amide bonds. The number of aliphatic hydroxyl groups excluding tert-OH is 2. The lowest BCUT2D eigenvalue weighted by Crippen LogP contribution is -2.71. The van der Waals surface area contributed by atoms with Crippen LogP contribution in [-0.4, -0.2) is 46.7 Å². The minimum atomic E-state index is -0.895. The number of hydrogen-bond donors (Lipinski definition) is 3. The van der Waals surface area contributed by atoms with Crippen LogP contribution in [0.4, 0.5) is 0 Å². The second-order valence-electron chi connectivity index (χ2n) is 15.2. The molecule has 0 aromatic heterocycles. The molecule has 0 aromatic carbocycles. The first kappa shape index (κ1) is 26.9. The highest BCUT2D eigenvalue weighted by Crippen LogP contribution is 2.77. The molecule has 5 aliphatic rings. The number of methoxy groups -OCH3 is 1. The number of esters is 1. The molecule has 5 aliphatic carbocycles. The van der Waals surface area contributed by atoms with Gasteiger partial charge in [-0.05, 0) is 111 Å². The zero-order chi connectivity index (χ0) is 26.5. The Morgan fingerprint density at radius 1 is 0.861 bits per heavy atom. The van der Waals surface area contributed by atoms with Gasteiger partial charge in [0.2, 0.25) is 0 Å². The Labute approximate surface area is 218 Å². The summed E-state index contributed by atoms with van der Waals surface area (Å²) in [7, 11) is 1.52. The maximum absolute atomic E-state index is 13.5. The van der Waals surface area contributed by atoms with Crippen LogP contribution >= 0.6 is 0 Å². The molecule has 0 saturated heterocycles. The van der Waals surface area contributed by atoms with Crippen molar-refractivity contribution in [1.82, 2.24) is 0 Å². The summed E-state index contributed by atoms with van der Waals surface area (Å²) >= 11 is 0. The predicted octanol–water partition coefficient (Wildman–Crippen LogP) is 5.35. The van der Waals surface area contributed by atoms with E-state index in [1.807, 2.05) is 6.92 Å². The fraction of sp³-hybridized carbons (Fsp3) is 0.968. The zero-order valence-electron chi connectivity index (χ0n) is 23.9. The number of aliphatic hydroxyl groups is 3. The Balaban J connectivity index is 1.58. The van der Waals surface area contributed by atoms with Crippen molar-refractivity contribution in [2.45, 2.75) is 117 Å². The van der Waals surface area contributed by atoms with E-state index in [0.717, 1.165) is 64.2 Å². The zero-order valence-corrected chi connectivity index (χ0v) is 23.9. The van der Waals surface area contributed by atoms with E-state index < -0.39 is 22.5 Å². The van der Waals surface area contributed by atoms with Gasteiger partial charge in [-0.25, -0.2) is 0 Å². The molecule has 12 atom stereocenters. The summed E-state index contributed by atoms with van der Waals surface area (Å²) in [6.07, 6.45) is 9.07. The topological polar surface area (TPSA) is 87.0 Å². The lowest BCUT2D eigenvalue weighted by molar-refractivity contribution is -0.280. The van der Waals surface area contributed by atoms with E-state index in [9.17, 15) is 20.1 Å². The molecule has 0 bridgehead atoms.